The number of fused-ring (bicyclic) bond motifs is 2. The maximum Gasteiger partial charge on any atom is 1.00 e. The smallest absolute Gasteiger partial charge is 0.744 e. The van der Waals surface area contributed by atoms with Gasteiger partial charge in [0.25, 0.3) is 0 Å². The van der Waals surface area contributed by atoms with Gasteiger partial charge in [-0.2, -0.15) is 0 Å². The van der Waals surface area contributed by atoms with Gasteiger partial charge >= 0.3 is 29.6 Å². The number of hydrogen-bond acceptors (Lipinski definition) is 7. The number of rotatable bonds is 3. The van der Waals surface area contributed by atoms with Gasteiger partial charge in [0.05, 0.1) is 21.7 Å². The molecule has 0 bridgehead atoms. The van der Waals surface area contributed by atoms with Crippen LogP contribution in [0.15, 0.2) is 35.2 Å². The summed E-state index contributed by atoms with van der Waals surface area (Å²) in [4.78, 5) is 25.9. The standard InChI is InChI=1S/C23H26N2O5S.Na/c1-12-8-9-17(23(2,3)11-12)25-15-10-16(31(28,29)30)20(24)19-18(15)21(26)13-6-4-5-7-14(13)22(19)27;/h4-7,10,12,17,25H,8-9,11,24H2,1-3H3,(H,28,29,30);/q;+1/p-1. The molecule has 2 aliphatic rings. The summed E-state index contributed by atoms with van der Waals surface area (Å²) in [5.41, 5.74) is 5.74. The zero-order chi connectivity index (χ0) is 22.7. The van der Waals surface area contributed by atoms with Gasteiger partial charge in [-0.25, -0.2) is 8.42 Å². The predicted octanol–water partition coefficient (Wildman–Crippen LogP) is 0.579. The fraction of sp³-hybridized carbons (Fsp3) is 0.391. The van der Waals surface area contributed by atoms with Crippen molar-refractivity contribution in [1.29, 1.82) is 0 Å². The molecule has 2 aromatic rings. The van der Waals surface area contributed by atoms with Crippen LogP contribution in [0, 0.1) is 11.3 Å². The Labute approximate surface area is 210 Å². The van der Waals surface area contributed by atoms with Gasteiger partial charge < -0.3 is 15.6 Å². The molecule has 0 radical (unpaired) electrons. The first-order valence-electron chi connectivity index (χ1n) is 10.3. The van der Waals surface area contributed by atoms with E-state index >= 15 is 0 Å². The van der Waals surface area contributed by atoms with Crippen molar-refractivity contribution in [3.8, 4) is 0 Å². The molecule has 2 atom stereocenters. The molecule has 3 N–H and O–H groups in total. The van der Waals surface area contributed by atoms with Gasteiger partial charge in [-0.15, -0.1) is 0 Å². The molecule has 2 aromatic carbocycles. The van der Waals surface area contributed by atoms with E-state index in [9.17, 15) is 22.6 Å². The van der Waals surface area contributed by atoms with E-state index in [1.54, 1.807) is 18.2 Å². The molecule has 164 valence electrons. The molecule has 2 aliphatic carbocycles. The molecule has 2 unspecified atom stereocenters. The second-order valence-electron chi connectivity index (χ2n) is 9.32. The number of carbonyl (C=O) groups is 2. The number of anilines is 2. The van der Waals surface area contributed by atoms with E-state index in [-0.39, 0.29) is 69.0 Å². The second kappa shape index (κ2) is 8.57. The summed E-state index contributed by atoms with van der Waals surface area (Å²) in [6, 6.07) is 7.37. The Kier molecular flexibility index (Phi) is 6.68. The quantitative estimate of drug-likeness (QED) is 0.329. The number of nitrogens with one attached hydrogen (secondary N) is 1. The Morgan fingerprint density at radius 2 is 1.62 bits per heavy atom. The van der Waals surface area contributed by atoms with Crippen LogP contribution >= 0.6 is 0 Å². The minimum Gasteiger partial charge on any atom is -0.744 e. The first-order chi connectivity index (χ1) is 14.4. The molecular formula is C23H25N2NaO5S. The molecule has 0 aromatic heterocycles. The first-order valence-corrected chi connectivity index (χ1v) is 11.7. The normalized spacial score (nSPS) is 21.9. The number of nitrogens with two attached hydrogens (primary N) is 1. The van der Waals surface area contributed by atoms with Gasteiger partial charge in [0.2, 0.25) is 0 Å². The molecule has 4 rings (SSSR count). The molecule has 1 saturated carbocycles. The van der Waals surface area contributed by atoms with E-state index in [1.165, 1.54) is 6.07 Å². The maximum absolute atomic E-state index is 13.4. The van der Waals surface area contributed by atoms with Gasteiger partial charge in [0.15, 0.2) is 11.6 Å². The van der Waals surface area contributed by atoms with Gasteiger partial charge in [-0.3, -0.25) is 9.59 Å². The first kappa shape index (κ1) is 24.9. The van der Waals surface area contributed by atoms with Crippen molar-refractivity contribution in [1.82, 2.24) is 0 Å². The number of carbonyl (C=O) groups excluding carboxylic acids is 2. The zero-order valence-electron chi connectivity index (χ0n) is 18.7. The molecule has 0 heterocycles. The predicted molar refractivity (Wildman–Crippen MR) is 116 cm³/mol. The van der Waals surface area contributed by atoms with Gasteiger partial charge in [-0.05, 0) is 36.7 Å². The third-order valence-corrected chi connectivity index (χ3v) is 7.44. The third-order valence-electron chi connectivity index (χ3n) is 6.57. The minimum atomic E-state index is -4.96. The number of benzene rings is 2. The van der Waals surface area contributed by atoms with Crippen LogP contribution in [0.5, 0.6) is 0 Å². The Bertz CT molecular complexity index is 1220. The monoisotopic (exact) mass is 464 g/mol. The van der Waals surface area contributed by atoms with Crippen molar-refractivity contribution in [3.05, 3.63) is 52.6 Å². The molecule has 0 spiro atoms. The summed E-state index contributed by atoms with van der Waals surface area (Å²) in [6.07, 6.45) is 2.73. The summed E-state index contributed by atoms with van der Waals surface area (Å²) in [7, 11) is -4.96. The number of hydrogen-bond donors (Lipinski definition) is 2. The minimum absolute atomic E-state index is 0. The summed E-state index contributed by atoms with van der Waals surface area (Å²) >= 11 is 0. The van der Waals surface area contributed by atoms with Crippen molar-refractivity contribution in [2.45, 2.75) is 51.0 Å². The topological polar surface area (TPSA) is 129 Å². The van der Waals surface area contributed by atoms with Crippen LogP contribution in [-0.4, -0.2) is 30.6 Å². The van der Waals surface area contributed by atoms with E-state index in [4.69, 9.17) is 5.73 Å². The van der Waals surface area contributed by atoms with Crippen LogP contribution in [0.1, 0.15) is 71.9 Å². The molecule has 0 aliphatic heterocycles. The molecule has 9 heteroatoms. The van der Waals surface area contributed by atoms with Crippen molar-refractivity contribution >= 4 is 33.1 Å². The van der Waals surface area contributed by atoms with Crippen LogP contribution in [-0.2, 0) is 10.1 Å². The fourth-order valence-corrected chi connectivity index (χ4v) is 5.69. The molecule has 0 saturated heterocycles. The van der Waals surface area contributed by atoms with E-state index < -0.39 is 32.3 Å². The molecular weight excluding hydrogens is 439 g/mol. The average molecular weight is 465 g/mol. The second-order valence-corrected chi connectivity index (χ2v) is 10.7. The van der Waals surface area contributed by atoms with Gasteiger partial charge in [-0.1, -0.05) is 45.0 Å². The Balaban J connectivity index is 0.00000289. The number of ketones is 2. The third kappa shape index (κ3) is 4.15. The van der Waals surface area contributed by atoms with E-state index in [2.05, 4.69) is 26.1 Å². The van der Waals surface area contributed by atoms with Crippen LogP contribution in [0.2, 0.25) is 0 Å². The van der Waals surface area contributed by atoms with E-state index in [0.29, 0.717) is 5.92 Å². The zero-order valence-corrected chi connectivity index (χ0v) is 21.5. The average Bonchev–Trinajstić information content (AvgIpc) is 2.67. The SMILES string of the molecule is CC1CCC(Nc2cc(S(=O)(=O)[O-])c(N)c3c2C(=O)c2ccccc2C3=O)C(C)(C)C1.[Na+]. The Hall–Kier alpha value is -1.71. The van der Waals surface area contributed by atoms with Gasteiger partial charge in [0, 0.05) is 22.9 Å². The van der Waals surface area contributed by atoms with Crippen LogP contribution in [0.3, 0.4) is 0 Å². The Morgan fingerprint density at radius 1 is 1.06 bits per heavy atom. The van der Waals surface area contributed by atoms with Crippen LogP contribution in [0.4, 0.5) is 11.4 Å². The van der Waals surface area contributed by atoms with Crippen molar-refractivity contribution < 1.29 is 52.1 Å². The molecule has 32 heavy (non-hydrogen) atoms. The largest absolute Gasteiger partial charge is 1.00 e. The summed E-state index contributed by atoms with van der Waals surface area (Å²) in [5, 5.41) is 3.31. The maximum atomic E-state index is 13.4. The van der Waals surface area contributed by atoms with Crippen molar-refractivity contribution in [2.75, 3.05) is 11.1 Å². The summed E-state index contributed by atoms with van der Waals surface area (Å²) < 4.78 is 35.8. The van der Waals surface area contributed by atoms with Crippen LogP contribution < -0.4 is 40.6 Å². The molecule has 0 amide bonds. The van der Waals surface area contributed by atoms with Crippen LogP contribution in [0.25, 0.3) is 0 Å². The Morgan fingerprint density at radius 3 is 2.16 bits per heavy atom. The van der Waals surface area contributed by atoms with Gasteiger partial charge in [0.1, 0.15) is 10.1 Å². The summed E-state index contributed by atoms with van der Waals surface area (Å²) in [6.45, 7) is 6.40. The number of nitrogen functional groups attached to an aromatic ring is 1. The summed E-state index contributed by atoms with van der Waals surface area (Å²) in [5.74, 6) is -0.440. The van der Waals surface area contributed by atoms with Crippen molar-refractivity contribution in [3.63, 3.8) is 0 Å². The molecule has 1 fully saturated rings. The van der Waals surface area contributed by atoms with Crippen molar-refractivity contribution in [2.24, 2.45) is 11.3 Å². The fourth-order valence-electron chi connectivity index (χ4n) is 5.05. The molecule has 7 nitrogen and oxygen atoms in total. The van der Waals surface area contributed by atoms with E-state index in [0.717, 1.165) is 25.3 Å². The van der Waals surface area contributed by atoms with E-state index in [1.807, 2.05) is 0 Å².